The van der Waals surface area contributed by atoms with Gasteiger partial charge in [-0.1, -0.05) is 19.3 Å². The van der Waals surface area contributed by atoms with Crippen molar-refractivity contribution in [1.82, 2.24) is 9.97 Å². The van der Waals surface area contributed by atoms with Gasteiger partial charge < -0.3 is 10.7 Å². The quantitative estimate of drug-likeness (QED) is 0.825. The summed E-state index contributed by atoms with van der Waals surface area (Å²) in [7, 11) is 0. The molecule has 2 aliphatic rings. The Hall–Kier alpha value is -0.830. The molecule has 0 saturated heterocycles. The number of nitrogens with one attached hydrogen (secondary N) is 1. The van der Waals surface area contributed by atoms with Gasteiger partial charge in [-0.3, -0.25) is 0 Å². The third kappa shape index (κ3) is 2.39. The van der Waals surface area contributed by atoms with E-state index in [1.807, 2.05) is 0 Å². The van der Waals surface area contributed by atoms with E-state index >= 15 is 0 Å². The van der Waals surface area contributed by atoms with Crippen LogP contribution in [0.25, 0.3) is 0 Å². The number of H-pyrrole nitrogens is 1. The molecule has 0 aromatic carbocycles. The zero-order valence-corrected chi connectivity index (χ0v) is 10.5. The summed E-state index contributed by atoms with van der Waals surface area (Å²) in [4.78, 5) is 8.19. The highest BCUT2D eigenvalue weighted by Gasteiger charge is 2.25. The number of nitrogens with zero attached hydrogens (tertiary/aromatic N) is 1. The molecule has 0 radical (unpaired) electrons. The molecule has 17 heavy (non-hydrogen) atoms. The number of hydrogen-bond donors (Lipinski definition) is 2. The van der Waals surface area contributed by atoms with Crippen molar-refractivity contribution in [1.29, 1.82) is 0 Å². The largest absolute Gasteiger partial charge is 0.345 e. The molecular formula is C14H23N3. The Kier molecular flexibility index (Phi) is 3.19. The second-order valence-corrected chi connectivity index (χ2v) is 5.83. The highest BCUT2D eigenvalue weighted by molar-refractivity contribution is 5.12. The first kappa shape index (κ1) is 11.3. The molecule has 2 aliphatic carbocycles. The minimum absolute atomic E-state index is 0.383. The van der Waals surface area contributed by atoms with E-state index in [9.17, 15) is 0 Å². The lowest BCUT2D eigenvalue weighted by molar-refractivity contribution is 0.383. The predicted molar refractivity (Wildman–Crippen MR) is 69.0 cm³/mol. The Bertz CT molecular complexity index is 365. The molecule has 2 fully saturated rings. The van der Waals surface area contributed by atoms with Crippen molar-refractivity contribution in [2.75, 3.05) is 0 Å². The zero-order valence-electron chi connectivity index (χ0n) is 10.5. The number of aromatic nitrogens is 2. The minimum Gasteiger partial charge on any atom is -0.345 e. The highest BCUT2D eigenvalue weighted by Crippen LogP contribution is 2.35. The lowest BCUT2D eigenvalue weighted by atomic mass is 9.86. The minimum atomic E-state index is 0.383. The number of nitrogens with two attached hydrogens (primary N) is 1. The van der Waals surface area contributed by atoms with Crippen LogP contribution in [0.2, 0.25) is 0 Å². The van der Waals surface area contributed by atoms with Gasteiger partial charge in [-0.25, -0.2) is 4.98 Å². The molecule has 2 saturated carbocycles. The van der Waals surface area contributed by atoms with Gasteiger partial charge in [0.2, 0.25) is 0 Å². The van der Waals surface area contributed by atoms with E-state index in [0.29, 0.717) is 12.0 Å². The highest BCUT2D eigenvalue weighted by atomic mass is 14.9. The van der Waals surface area contributed by atoms with Crippen molar-refractivity contribution < 1.29 is 0 Å². The summed E-state index contributed by atoms with van der Waals surface area (Å²) in [5, 5.41) is 0. The average Bonchev–Trinajstić information content (AvgIpc) is 3.00. The third-order valence-corrected chi connectivity index (χ3v) is 4.51. The van der Waals surface area contributed by atoms with Gasteiger partial charge in [0.05, 0.1) is 0 Å². The fourth-order valence-corrected chi connectivity index (χ4v) is 3.48. The Morgan fingerprint density at radius 1 is 1.06 bits per heavy atom. The molecule has 2 unspecified atom stereocenters. The van der Waals surface area contributed by atoms with E-state index in [1.165, 1.54) is 56.5 Å². The van der Waals surface area contributed by atoms with E-state index in [1.54, 1.807) is 0 Å². The molecule has 0 aliphatic heterocycles. The fourth-order valence-electron chi connectivity index (χ4n) is 3.48. The topological polar surface area (TPSA) is 54.7 Å². The van der Waals surface area contributed by atoms with Crippen LogP contribution in [-0.2, 0) is 0 Å². The first-order valence-electron chi connectivity index (χ1n) is 7.13. The standard InChI is InChI=1S/C14H23N3/c15-12-7-3-6-11(8-12)14-16-9-13(17-14)10-4-1-2-5-10/h9-12H,1-8,15H2,(H,16,17). The lowest BCUT2D eigenvalue weighted by Gasteiger charge is -2.25. The van der Waals surface area contributed by atoms with Crippen LogP contribution in [0.4, 0.5) is 0 Å². The molecule has 3 nitrogen and oxygen atoms in total. The first-order valence-corrected chi connectivity index (χ1v) is 7.13. The summed E-state index contributed by atoms with van der Waals surface area (Å²) >= 11 is 0. The smallest absolute Gasteiger partial charge is 0.109 e. The molecular weight excluding hydrogens is 210 g/mol. The Balaban J connectivity index is 1.70. The van der Waals surface area contributed by atoms with Gasteiger partial charge in [0.1, 0.15) is 5.82 Å². The number of aromatic amines is 1. The van der Waals surface area contributed by atoms with E-state index < -0.39 is 0 Å². The van der Waals surface area contributed by atoms with Crippen molar-refractivity contribution in [3.8, 4) is 0 Å². The summed E-state index contributed by atoms with van der Waals surface area (Å²) in [6.07, 6.45) is 12.3. The van der Waals surface area contributed by atoms with Crippen molar-refractivity contribution in [3.63, 3.8) is 0 Å². The first-order chi connectivity index (χ1) is 8.33. The van der Waals surface area contributed by atoms with Crippen molar-refractivity contribution in [3.05, 3.63) is 17.7 Å². The average molecular weight is 233 g/mol. The molecule has 0 spiro atoms. The SMILES string of the molecule is NC1CCCC(c2ncc(C3CCCC3)[nH]2)C1. The van der Waals surface area contributed by atoms with Gasteiger partial charge in [0.25, 0.3) is 0 Å². The van der Waals surface area contributed by atoms with Crippen molar-refractivity contribution >= 4 is 0 Å². The molecule has 1 aromatic heterocycles. The number of rotatable bonds is 2. The van der Waals surface area contributed by atoms with E-state index in [0.717, 1.165) is 12.3 Å². The molecule has 2 atom stereocenters. The van der Waals surface area contributed by atoms with Crippen LogP contribution in [0.5, 0.6) is 0 Å². The van der Waals surface area contributed by atoms with Gasteiger partial charge in [0, 0.05) is 29.8 Å². The Labute approximate surface area is 103 Å². The lowest BCUT2D eigenvalue weighted by Crippen LogP contribution is -2.27. The van der Waals surface area contributed by atoms with Gasteiger partial charge in [0.15, 0.2) is 0 Å². The van der Waals surface area contributed by atoms with E-state index in [-0.39, 0.29) is 0 Å². The molecule has 1 aromatic rings. The summed E-state index contributed by atoms with van der Waals surface area (Å²) in [5.74, 6) is 2.52. The van der Waals surface area contributed by atoms with Gasteiger partial charge in [-0.15, -0.1) is 0 Å². The predicted octanol–water partition coefficient (Wildman–Crippen LogP) is 3.05. The van der Waals surface area contributed by atoms with Gasteiger partial charge in [-0.05, 0) is 32.1 Å². The van der Waals surface area contributed by atoms with Crippen LogP contribution in [0, 0.1) is 0 Å². The third-order valence-electron chi connectivity index (χ3n) is 4.51. The molecule has 3 N–H and O–H groups in total. The zero-order chi connectivity index (χ0) is 11.7. The van der Waals surface area contributed by atoms with Crippen LogP contribution < -0.4 is 5.73 Å². The number of hydrogen-bond acceptors (Lipinski definition) is 2. The monoisotopic (exact) mass is 233 g/mol. The van der Waals surface area contributed by atoms with Gasteiger partial charge >= 0.3 is 0 Å². The van der Waals surface area contributed by atoms with Crippen LogP contribution in [0.1, 0.15) is 74.7 Å². The normalized spacial score (nSPS) is 30.9. The molecule has 0 amide bonds. The van der Waals surface area contributed by atoms with Crippen LogP contribution in [0.3, 0.4) is 0 Å². The molecule has 3 heteroatoms. The molecule has 94 valence electrons. The summed E-state index contributed by atoms with van der Waals surface area (Å²) < 4.78 is 0. The number of imidazole rings is 1. The summed E-state index contributed by atoms with van der Waals surface area (Å²) in [6.45, 7) is 0. The van der Waals surface area contributed by atoms with Crippen LogP contribution in [0.15, 0.2) is 6.20 Å². The van der Waals surface area contributed by atoms with Crippen LogP contribution in [-0.4, -0.2) is 16.0 Å². The maximum atomic E-state index is 6.05. The maximum Gasteiger partial charge on any atom is 0.109 e. The summed E-state index contributed by atoms with van der Waals surface area (Å²) in [6, 6.07) is 0.383. The van der Waals surface area contributed by atoms with Gasteiger partial charge in [-0.2, -0.15) is 0 Å². The Morgan fingerprint density at radius 3 is 2.59 bits per heavy atom. The van der Waals surface area contributed by atoms with Crippen LogP contribution >= 0.6 is 0 Å². The second kappa shape index (κ2) is 4.81. The Morgan fingerprint density at radius 2 is 1.82 bits per heavy atom. The summed E-state index contributed by atoms with van der Waals surface area (Å²) in [5.41, 5.74) is 7.42. The maximum absolute atomic E-state index is 6.05. The second-order valence-electron chi connectivity index (χ2n) is 5.83. The van der Waals surface area contributed by atoms with E-state index in [2.05, 4.69) is 16.2 Å². The van der Waals surface area contributed by atoms with Crippen molar-refractivity contribution in [2.24, 2.45) is 5.73 Å². The molecule has 3 rings (SSSR count). The van der Waals surface area contributed by atoms with E-state index in [4.69, 9.17) is 5.73 Å². The molecule has 0 bridgehead atoms. The van der Waals surface area contributed by atoms with Crippen molar-refractivity contribution in [2.45, 2.75) is 69.2 Å². The molecule has 1 heterocycles. The fraction of sp³-hybridized carbons (Fsp3) is 0.786.